The second-order valence-electron chi connectivity index (χ2n) is 2.95. The monoisotopic (exact) mass is 199 g/mol. The number of aliphatic carboxylic acids is 1. The molecule has 0 saturated carbocycles. The van der Waals surface area contributed by atoms with Gasteiger partial charge in [0.25, 0.3) is 0 Å². The Hall–Kier alpha value is -1.36. The number of carboxylic acids is 1. The second kappa shape index (κ2) is 4.76. The predicted octanol–water partition coefficient (Wildman–Crippen LogP) is -0.0792. The molecule has 5 nitrogen and oxygen atoms in total. The van der Waals surface area contributed by atoms with E-state index in [0.29, 0.717) is 13.0 Å². The molecule has 1 aliphatic rings. The molecule has 2 atom stereocenters. The lowest BCUT2D eigenvalue weighted by Gasteiger charge is -2.22. The van der Waals surface area contributed by atoms with Gasteiger partial charge in [-0.05, 0) is 13.3 Å². The summed E-state index contributed by atoms with van der Waals surface area (Å²) in [6.07, 6.45) is 3.68. The van der Waals surface area contributed by atoms with Crippen molar-refractivity contribution in [3.63, 3.8) is 0 Å². The van der Waals surface area contributed by atoms with Gasteiger partial charge in [-0.15, -0.1) is 0 Å². The Morgan fingerprint density at radius 3 is 2.93 bits per heavy atom. The van der Waals surface area contributed by atoms with Crippen LogP contribution in [-0.4, -0.2) is 35.7 Å². The third-order valence-electron chi connectivity index (χ3n) is 1.92. The van der Waals surface area contributed by atoms with Crippen molar-refractivity contribution in [1.82, 2.24) is 5.32 Å². The van der Waals surface area contributed by atoms with E-state index in [1.165, 1.54) is 6.08 Å². The highest BCUT2D eigenvalue weighted by atomic mass is 16.5. The largest absolute Gasteiger partial charge is 0.480 e. The summed E-state index contributed by atoms with van der Waals surface area (Å²) in [6, 6.07) is -1.33. The van der Waals surface area contributed by atoms with Crippen LogP contribution in [-0.2, 0) is 14.3 Å². The first-order valence-electron chi connectivity index (χ1n) is 4.47. The zero-order valence-electron chi connectivity index (χ0n) is 7.90. The van der Waals surface area contributed by atoms with Gasteiger partial charge in [0, 0.05) is 0 Å². The van der Waals surface area contributed by atoms with E-state index in [1.807, 2.05) is 0 Å². The summed E-state index contributed by atoms with van der Waals surface area (Å²) in [4.78, 5) is 21.9. The Morgan fingerprint density at radius 2 is 2.36 bits per heavy atom. The number of carboxylic acid groups (broad SMARTS) is 1. The summed E-state index contributed by atoms with van der Waals surface area (Å²) in [7, 11) is 0. The molecule has 1 rings (SSSR count). The van der Waals surface area contributed by atoms with E-state index in [-0.39, 0.29) is 0 Å². The van der Waals surface area contributed by atoms with Crippen molar-refractivity contribution in [2.24, 2.45) is 0 Å². The highest BCUT2D eigenvalue weighted by Gasteiger charge is 2.27. The van der Waals surface area contributed by atoms with Gasteiger partial charge in [0.1, 0.15) is 12.1 Å². The number of ether oxygens (including phenoxy) is 1. The molecule has 0 aromatic rings. The Morgan fingerprint density at radius 1 is 1.64 bits per heavy atom. The summed E-state index contributed by atoms with van der Waals surface area (Å²) < 4.78 is 4.78. The van der Waals surface area contributed by atoms with Crippen LogP contribution in [0, 0.1) is 0 Å². The molecule has 2 N–H and O–H groups in total. The van der Waals surface area contributed by atoms with E-state index in [2.05, 4.69) is 5.32 Å². The normalized spacial score (nSPS) is 25.8. The van der Waals surface area contributed by atoms with Crippen molar-refractivity contribution in [3.8, 4) is 0 Å². The molecule has 0 bridgehead atoms. The molecule has 78 valence electrons. The summed E-state index contributed by atoms with van der Waals surface area (Å²) in [6.45, 7) is 2.02. The van der Waals surface area contributed by atoms with Crippen molar-refractivity contribution < 1.29 is 19.4 Å². The van der Waals surface area contributed by atoms with E-state index in [1.54, 1.807) is 13.0 Å². The molecule has 0 spiro atoms. The van der Waals surface area contributed by atoms with Crippen molar-refractivity contribution in [3.05, 3.63) is 12.2 Å². The zero-order valence-corrected chi connectivity index (χ0v) is 7.90. The van der Waals surface area contributed by atoms with Gasteiger partial charge < -0.3 is 9.84 Å². The van der Waals surface area contributed by atoms with Gasteiger partial charge in [0.2, 0.25) is 0 Å². The van der Waals surface area contributed by atoms with E-state index in [4.69, 9.17) is 9.84 Å². The molecule has 0 fully saturated rings. The summed E-state index contributed by atoms with van der Waals surface area (Å²) >= 11 is 0. The molecule has 1 heterocycles. The van der Waals surface area contributed by atoms with Gasteiger partial charge in [-0.25, -0.2) is 0 Å². The fraction of sp³-hybridized carbons (Fsp3) is 0.556. The fourth-order valence-corrected chi connectivity index (χ4v) is 1.25. The summed E-state index contributed by atoms with van der Waals surface area (Å²) in [5.74, 6) is -1.39. The molecule has 5 heteroatoms. The molecule has 0 saturated heterocycles. The van der Waals surface area contributed by atoms with Crippen LogP contribution >= 0.6 is 0 Å². The topological polar surface area (TPSA) is 75.6 Å². The number of nitrogens with one attached hydrogen (secondary N) is 1. The predicted molar refractivity (Wildman–Crippen MR) is 48.7 cm³/mol. The molecule has 0 aliphatic carbocycles. The molecule has 2 unspecified atom stereocenters. The maximum atomic E-state index is 11.3. The standard InChI is InChI=1S/C9H13NO4/c1-2-14-9(13)7-5-3-4-6(10-7)8(11)12/h3-4,6-7,10H,2,5H2,1H3,(H,11,12). The average molecular weight is 199 g/mol. The van der Waals surface area contributed by atoms with Gasteiger partial charge >= 0.3 is 11.9 Å². The van der Waals surface area contributed by atoms with Crippen LogP contribution in [0.3, 0.4) is 0 Å². The number of hydrogen-bond donors (Lipinski definition) is 2. The highest BCUT2D eigenvalue weighted by Crippen LogP contribution is 2.06. The molecule has 0 aromatic heterocycles. The Kier molecular flexibility index (Phi) is 3.64. The molecule has 0 radical (unpaired) electrons. The maximum Gasteiger partial charge on any atom is 0.324 e. The minimum absolute atomic E-state index is 0.304. The molecular formula is C9H13NO4. The van der Waals surface area contributed by atoms with Crippen LogP contribution in [0.4, 0.5) is 0 Å². The Bertz CT molecular complexity index is 262. The van der Waals surface area contributed by atoms with Gasteiger partial charge in [0.15, 0.2) is 0 Å². The van der Waals surface area contributed by atoms with Gasteiger partial charge in [0.05, 0.1) is 6.61 Å². The van der Waals surface area contributed by atoms with Crippen molar-refractivity contribution in [1.29, 1.82) is 0 Å². The van der Waals surface area contributed by atoms with Crippen molar-refractivity contribution >= 4 is 11.9 Å². The second-order valence-corrected chi connectivity index (χ2v) is 2.95. The number of carbonyl (C=O) groups excluding carboxylic acids is 1. The van der Waals surface area contributed by atoms with Crippen LogP contribution in [0.2, 0.25) is 0 Å². The highest BCUT2D eigenvalue weighted by molar-refractivity contribution is 5.80. The smallest absolute Gasteiger partial charge is 0.324 e. The molecular weight excluding hydrogens is 186 g/mol. The zero-order chi connectivity index (χ0) is 10.6. The Labute approximate surface area is 81.7 Å². The minimum atomic E-state index is -0.991. The van der Waals surface area contributed by atoms with Crippen LogP contribution < -0.4 is 5.32 Å². The third-order valence-corrected chi connectivity index (χ3v) is 1.92. The lowest BCUT2D eigenvalue weighted by atomic mass is 10.1. The van der Waals surface area contributed by atoms with Crippen LogP contribution in [0.1, 0.15) is 13.3 Å². The van der Waals surface area contributed by atoms with Gasteiger partial charge in [-0.2, -0.15) is 0 Å². The van der Waals surface area contributed by atoms with E-state index in [9.17, 15) is 9.59 Å². The average Bonchev–Trinajstić information content (AvgIpc) is 2.18. The van der Waals surface area contributed by atoms with Crippen LogP contribution in [0.5, 0.6) is 0 Å². The van der Waals surface area contributed by atoms with E-state index < -0.39 is 24.0 Å². The minimum Gasteiger partial charge on any atom is -0.480 e. The summed E-state index contributed by atoms with van der Waals surface area (Å²) in [5, 5.41) is 11.4. The maximum absolute atomic E-state index is 11.3. The number of rotatable bonds is 3. The molecule has 0 amide bonds. The molecule has 14 heavy (non-hydrogen) atoms. The van der Waals surface area contributed by atoms with Gasteiger partial charge in [-0.1, -0.05) is 12.2 Å². The first-order valence-corrected chi connectivity index (χ1v) is 4.47. The van der Waals surface area contributed by atoms with Gasteiger partial charge in [-0.3, -0.25) is 14.9 Å². The lowest BCUT2D eigenvalue weighted by Crippen LogP contribution is -2.48. The molecule has 0 aromatic carbocycles. The van der Waals surface area contributed by atoms with E-state index >= 15 is 0 Å². The third kappa shape index (κ3) is 2.56. The fourth-order valence-electron chi connectivity index (χ4n) is 1.25. The quantitative estimate of drug-likeness (QED) is 0.491. The first-order chi connectivity index (χ1) is 6.65. The SMILES string of the molecule is CCOC(=O)C1CC=CC(C(=O)O)N1. The van der Waals surface area contributed by atoms with Crippen molar-refractivity contribution in [2.75, 3.05) is 6.61 Å². The van der Waals surface area contributed by atoms with Crippen molar-refractivity contribution in [2.45, 2.75) is 25.4 Å². The van der Waals surface area contributed by atoms with E-state index in [0.717, 1.165) is 0 Å². The van der Waals surface area contributed by atoms with Crippen LogP contribution in [0.15, 0.2) is 12.2 Å². The number of carbonyl (C=O) groups is 2. The number of esters is 1. The Balaban J connectivity index is 2.55. The number of hydrogen-bond acceptors (Lipinski definition) is 4. The first kappa shape index (κ1) is 10.7. The summed E-state index contributed by atoms with van der Waals surface area (Å²) in [5.41, 5.74) is 0. The molecule has 1 aliphatic heterocycles. The lowest BCUT2D eigenvalue weighted by molar-refractivity contribution is -0.146. The van der Waals surface area contributed by atoms with Crippen LogP contribution in [0.25, 0.3) is 0 Å².